The number of alkyl halides is 3. The second kappa shape index (κ2) is 15.1. The van der Waals surface area contributed by atoms with Crippen LogP contribution in [0.25, 0.3) is 0 Å². The molecule has 0 spiro atoms. The van der Waals surface area contributed by atoms with E-state index in [-0.39, 0.29) is 28.2 Å². The summed E-state index contributed by atoms with van der Waals surface area (Å²) in [5.41, 5.74) is 3.83. The van der Waals surface area contributed by atoms with Crippen LogP contribution in [0.3, 0.4) is 0 Å². The highest BCUT2D eigenvalue weighted by Crippen LogP contribution is 2.40. The zero-order valence-electron chi connectivity index (χ0n) is 29.1. The molecule has 2 aliphatic heterocycles. The lowest BCUT2D eigenvalue weighted by Gasteiger charge is -2.37. The number of rotatable bonds is 7. The number of fused-ring (bicyclic) bond motifs is 2. The molecule has 2 aromatic carbocycles. The van der Waals surface area contributed by atoms with Gasteiger partial charge in [-0.25, -0.2) is 19.0 Å². The van der Waals surface area contributed by atoms with Gasteiger partial charge in [0.2, 0.25) is 8.32 Å². The molecule has 0 radical (unpaired) electrons. The van der Waals surface area contributed by atoms with Gasteiger partial charge in [0.05, 0.1) is 22.7 Å². The number of aryl methyl sites for hydroxylation is 1. The summed E-state index contributed by atoms with van der Waals surface area (Å²) < 4.78 is 53.5. The number of carboxylic acids is 1. The maximum absolute atomic E-state index is 15.3. The number of hydrogen-bond donors (Lipinski definition) is 6. The van der Waals surface area contributed by atoms with Crippen molar-refractivity contribution in [1.29, 1.82) is 0 Å². The van der Waals surface area contributed by atoms with Gasteiger partial charge in [0.1, 0.15) is 22.9 Å². The van der Waals surface area contributed by atoms with Crippen LogP contribution >= 0.6 is 0 Å². The minimum absolute atomic E-state index is 0.0315. The molecule has 51 heavy (non-hydrogen) atoms. The zero-order valence-corrected chi connectivity index (χ0v) is 30.1. The van der Waals surface area contributed by atoms with Crippen LogP contribution in [0.1, 0.15) is 55.1 Å². The molecule has 3 heterocycles. The van der Waals surface area contributed by atoms with Crippen molar-refractivity contribution < 1.29 is 46.6 Å². The lowest BCUT2D eigenvalue weighted by atomic mass is 10.0. The first-order valence-electron chi connectivity index (χ1n) is 16.1. The minimum Gasteiger partial charge on any atom is -0.543 e. The second-order valence-electron chi connectivity index (χ2n) is 14.0. The fourth-order valence-electron chi connectivity index (χ4n) is 5.29. The smallest absolute Gasteiger partial charge is 0.490 e. The van der Waals surface area contributed by atoms with Crippen molar-refractivity contribution >= 4 is 54.9 Å². The summed E-state index contributed by atoms with van der Waals surface area (Å²) in [6.07, 6.45) is -2.82. The number of likely N-dealkylation sites (tertiary alicyclic amines) is 1. The van der Waals surface area contributed by atoms with E-state index >= 15 is 4.39 Å². The van der Waals surface area contributed by atoms with Crippen LogP contribution < -0.4 is 25.7 Å². The van der Waals surface area contributed by atoms with Gasteiger partial charge in [0, 0.05) is 31.4 Å². The van der Waals surface area contributed by atoms with Crippen LogP contribution in [0.2, 0.25) is 18.1 Å². The number of piperidine rings is 1. The molecule has 2 amide bonds. The summed E-state index contributed by atoms with van der Waals surface area (Å²) in [4.78, 5) is 40.2. The predicted octanol–water partition coefficient (Wildman–Crippen LogP) is 7.83. The van der Waals surface area contributed by atoms with Gasteiger partial charge in [-0.2, -0.15) is 13.2 Å². The molecule has 0 bridgehead atoms. The summed E-state index contributed by atoms with van der Waals surface area (Å²) in [6.45, 7) is 14.7. The Hall–Kier alpha value is -4.90. The fourth-order valence-corrected chi connectivity index (χ4v) is 6.36. The number of aromatic nitrogens is 1. The van der Waals surface area contributed by atoms with Crippen molar-refractivity contribution in [1.82, 2.24) is 15.2 Å². The molecule has 5 rings (SSSR count). The number of pyridine rings is 1. The van der Waals surface area contributed by atoms with E-state index in [0.29, 0.717) is 47.3 Å². The Labute approximate surface area is 293 Å². The van der Waals surface area contributed by atoms with Crippen LogP contribution in [-0.4, -0.2) is 71.7 Å². The first kappa shape index (κ1) is 38.9. The number of carboxylic acid groups (broad SMARTS) is 2. The molecule has 3 aromatic rings. The molecular weight excluding hydrogens is 692 g/mol. The van der Waals surface area contributed by atoms with Crippen LogP contribution in [-0.2, 0) is 11.3 Å². The van der Waals surface area contributed by atoms with Gasteiger partial charge in [-0.15, -0.1) is 0 Å². The lowest BCUT2D eigenvalue weighted by Crippen LogP contribution is -2.46. The van der Waals surface area contributed by atoms with Crippen LogP contribution in [0.15, 0.2) is 42.6 Å². The van der Waals surface area contributed by atoms with E-state index in [1.807, 2.05) is 25.1 Å². The molecule has 0 saturated carbocycles. The van der Waals surface area contributed by atoms with Crippen molar-refractivity contribution in [2.45, 2.75) is 77.4 Å². The number of carbonyl (C=O) groups excluding carboxylic acids is 1. The van der Waals surface area contributed by atoms with Crippen molar-refractivity contribution in [2.75, 3.05) is 29.0 Å². The van der Waals surface area contributed by atoms with E-state index in [1.165, 1.54) is 6.07 Å². The van der Waals surface area contributed by atoms with Gasteiger partial charge in [-0.05, 0) is 79.8 Å². The monoisotopic (exact) mass is 734 g/mol. The van der Waals surface area contributed by atoms with E-state index in [2.05, 4.69) is 65.0 Å². The Morgan fingerprint density at radius 3 is 2.37 bits per heavy atom. The van der Waals surface area contributed by atoms with Crippen molar-refractivity contribution in [3.63, 3.8) is 0 Å². The maximum atomic E-state index is 15.3. The number of benzene rings is 2. The quantitative estimate of drug-likeness (QED) is 0.104. The van der Waals surface area contributed by atoms with E-state index in [0.717, 1.165) is 24.9 Å². The summed E-state index contributed by atoms with van der Waals surface area (Å²) in [5.74, 6) is -2.63. The Morgan fingerprint density at radius 2 is 1.75 bits per heavy atom. The van der Waals surface area contributed by atoms with Crippen molar-refractivity contribution in [3.05, 3.63) is 65.1 Å². The summed E-state index contributed by atoms with van der Waals surface area (Å²) in [6, 6.07) is 10.4. The third-order valence-electron chi connectivity index (χ3n) is 8.95. The maximum Gasteiger partial charge on any atom is 0.490 e. The van der Waals surface area contributed by atoms with Gasteiger partial charge in [-0.1, -0.05) is 26.8 Å². The van der Waals surface area contributed by atoms with Gasteiger partial charge in [0.25, 0.3) is 5.91 Å². The third kappa shape index (κ3) is 9.88. The molecule has 1 saturated heterocycles. The second-order valence-corrected chi connectivity index (χ2v) is 18.7. The number of amides is 2. The summed E-state index contributed by atoms with van der Waals surface area (Å²) >= 11 is 0. The molecule has 2 aliphatic rings. The van der Waals surface area contributed by atoms with Gasteiger partial charge in [0.15, 0.2) is 0 Å². The SMILES string of the molecule is Cc1cc(F)c(Nc2ccnc3c2C(=O)Nc2cc(CN4CCC[C@H](NC(=O)O)C4)ccc2N3)cc1O[Si](C)(C)C(C)(C)C.O=C(O)C(F)(F)F. The molecule has 1 aromatic heterocycles. The summed E-state index contributed by atoms with van der Waals surface area (Å²) in [5, 5.41) is 28.2. The van der Waals surface area contributed by atoms with Crippen molar-refractivity contribution in [2.24, 2.45) is 0 Å². The number of anilines is 5. The zero-order chi connectivity index (χ0) is 37.9. The van der Waals surface area contributed by atoms with E-state index in [9.17, 15) is 22.8 Å². The average molecular weight is 735 g/mol. The Balaban J connectivity index is 0.000000755. The molecule has 0 aliphatic carbocycles. The molecule has 1 fully saturated rings. The molecule has 0 unspecified atom stereocenters. The minimum atomic E-state index is -5.08. The number of carbonyl (C=O) groups is 3. The number of nitrogens with one attached hydrogen (secondary N) is 4. The Bertz CT molecular complexity index is 1800. The first-order valence-corrected chi connectivity index (χ1v) is 19.0. The number of hydrogen-bond acceptors (Lipinski definition) is 8. The summed E-state index contributed by atoms with van der Waals surface area (Å²) in [7, 11) is -2.18. The normalized spacial score (nSPS) is 16.2. The standard InChI is InChI=1S/C32H41FN6O4Si.C2HF3O2/c1-19-14-22(33)25(16-27(19)43-44(5,6)32(2,3)4)36-24-11-12-34-29-28(24)30(40)38-26-15-20(9-10-23(26)37-29)17-39-13-7-8-21(18-39)35-31(41)42;3-2(4,5)1(6)7/h9-12,14-16,21,35H,7-8,13,17-18H2,1-6H3,(H,38,40)(H,41,42)(H2,34,36,37);(H,6,7)/t21-;/m0./s1. The Kier molecular flexibility index (Phi) is 11.5. The predicted molar refractivity (Wildman–Crippen MR) is 187 cm³/mol. The lowest BCUT2D eigenvalue weighted by molar-refractivity contribution is -0.192. The van der Waals surface area contributed by atoms with E-state index < -0.39 is 32.4 Å². The highest BCUT2D eigenvalue weighted by Gasteiger charge is 2.40. The molecule has 1 atom stereocenters. The van der Waals surface area contributed by atoms with Gasteiger partial charge >= 0.3 is 18.2 Å². The number of aliphatic carboxylic acids is 1. The first-order chi connectivity index (χ1) is 23.6. The molecule has 12 nitrogen and oxygen atoms in total. The Morgan fingerprint density at radius 1 is 1.06 bits per heavy atom. The average Bonchev–Trinajstić information content (AvgIpc) is 3.14. The van der Waals surface area contributed by atoms with Gasteiger partial charge < -0.3 is 35.9 Å². The molecular formula is C34H42F4N6O6Si. The number of halogens is 4. The number of nitrogens with zero attached hydrogens (tertiary/aromatic N) is 2. The van der Waals surface area contributed by atoms with Gasteiger partial charge in [-0.3, -0.25) is 9.69 Å². The highest BCUT2D eigenvalue weighted by molar-refractivity contribution is 6.74. The van der Waals surface area contributed by atoms with Crippen molar-refractivity contribution in [3.8, 4) is 5.75 Å². The largest absolute Gasteiger partial charge is 0.543 e. The van der Waals surface area contributed by atoms with E-state index in [1.54, 1.807) is 18.3 Å². The topological polar surface area (TPSA) is 165 Å². The van der Waals surface area contributed by atoms with E-state index in [4.69, 9.17) is 19.4 Å². The molecule has 6 N–H and O–H groups in total. The molecule has 276 valence electrons. The fraction of sp³-hybridized carbons (Fsp3) is 0.412. The van der Waals surface area contributed by atoms with Crippen LogP contribution in [0.5, 0.6) is 5.75 Å². The molecule has 17 heteroatoms. The third-order valence-corrected chi connectivity index (χ3v) is 13.3. The van der Waals surface area contributed by atoms with Crippen LogP contribution in [0, 0.1) is 12.7 Å². The highest BCUT2D eigenvalue weighted by atomic mass is 28.4. The van der Waals surface area contributed by atoms with Crippen LogP contribution in [0.4, 0.5) is 50.9 Å².